The number of ether oxygens (including phenoxy) is 1. The van der Waals surface area contributed by atoms with Crippen LogP contribution in [-0.4, -0.2) is 27.5 Å². The highest BCUT2D eigenvalue weighted by molar-refractivity contribution is 6.17. The lowest BCUT2D eigenvalue weighted by Crippen LogP contribution is -1.99. The third kappa shape index (κ3) is 2.79. The van der Waals surface area contributed by atoms with Crippen LogP contribution in [0.1, 0.15) is 12.6 Å². The summed E-state index contributed by atoms with van der Waals surface area (Å²) in [4.78, 5) is 0. The third-order valence-electron chi connectivity index (χ3n) is 2.37. The van der Waals surface area contributed by atoms with Gasteiger partial charge < -0.3 is 4.74 Å². The van der Waals surface area contributed by atoms with E-state index >= 15 is 0 Å². The molecule has 0 amide bonds. The molecule has 0 bridgehead atoms. The zero-order chi connectivity index (χ0) is 13.0. The molecule has 0 spiro atoms. The predicted octanol–water partition coefficient (Wildman–Crippen LogP) is 2.59. The topological polar surface area (TPSA) is 39.9 Å². The van der Waals surface area contributed by atoms with Crippen molar-refractivity contribution in [3.63, 3.8) is 0 Å². The van der Waals surface area contributed by atoms with Crippen molar-refractivity contribution >= 4 is 11.6 Å². The molecule has 2 aromatic rings. The van der Waals surface area contributed by atoms with Crippen molar-refractivity contribution in [2.75, 3.05) is 12.5 Å². The lowest BCUT2D eigenvalue weighted by atomic mass is 10.3. The minimum Gasteiger partial charge on any atom is -0.491 e. The number of halogens is 2. The van der Waals surface area contributed by atoms with Crippen LogP contribution in [0.2, 0.25) is 0 Å². The van der Waals surface area contributed by atoms with E-state index in [0.29, 0.717) is 24.6 Å². The molecule has 2 rings (SSSR count). The first-order valence-electron chi connectivity index (χ1n) is 5.64. The van der Waals surface area contributed by atoms with Gasteiger partial charge in [0.05, 0.1) is 24.2 Å². The van der Waals surface area contributed by atoms with Crippen LogP contribution in [0.25, 0.3) is 5.69 Å². The minimum atomic E-state index is -0.413. The average molecular weight is 270 g/mol. The molecule has 0 radical (unpaired) electrons. The molecule has 0 aliphatic heterocycles. The van der Waals surface area contributed by atoms with Crippen LogP contribution < -0.4 is 4.74 Å². The monoisotopic (exact) mass is 269 g/mol. The Morgan fingerprint density at radius 3 is 2.94 bits per heavy atom. The van der Waals surface area contributed by atoms with Gasteiger partial charge in [0, 0.05) is 18.4 Å². The maximum Gasteiger partial charge on any atom is 0.167 e. The second kappa shape index (κ2) is 5.82. The Balaban J connectivity index is 2.24. The number of hydrogen-bond acceptors (Lipinski definition) is 3. The van der Waals surface area contributed by atoms with E-state index in [9.17, 15) is 4.39 Å². The molecular formula is C12H13ClFN3O. The van der Waals surface area contributed by atoms with Gasteiger partial charge >= 0.3 is 0 Å². The highest BCUT2D eigenvalue weighted by Crippen LogP contribution is 2.20. The summed E-state index contributed by atoms with van der Waals surface area (Å²) in [7, 11) is 0. The molecule has 18 heavy (non-hydrogen) atoms. The summed E-state index contributed by atoms with van der Waals surface area (Å²) in [6.45, 7) is 2.24. The summed E-state index contributed by atoms with van der Waals surface area (Å²) in [6.07, 6.45) is 2.37. The number of alkyl halides is 1. The third-order valence-corrected chi connectivity index (χ3v) is 2.56. The summed E-state index contributed by atoms with van der Waals surface area (Å²) in [5.74, 6) is 0.308. The first-order chi connectivity index (χ1) is 8.74. The van der Waals surface area contributed by atoms with Gasteiger partial charge in [-0.15, -0.1) is 16.7 Å². The van der Waals surface area contributed by atoms with Gasteiger partial charge in [0.1, 0.15) is 0 Å². The second-order valence-corrected chi connectivity index (χ2v) is 4.02. The van der Waals surface area contributed by atoms with Gasteiger partial charge in [-0.25, -0.2) is 9.07 Å². The first kappa shape index (κ1) is 12.8. The number of benzene rings is 1. The molecule has 1 aromatic carbocycles. The van der Waals surface area contributed by atoms with Crippen molar-refractivity contribution in [1.82, 2.24) is 15.0 Å². The Morgan fingerprint density at radius 2 is 2.28 bits per heavy atom. The van der Waals surface area contributed by atoms with E-state index in [1.54, 1.807) is 18.3 Å². The second-order valence-electron chi connectivity index (χ2n) is 3.64. The van der Waals surface area contributed by atoms with Crippen LogP contribution in [0.5, 0.6) is 5.75 Å². The van der Waals surface area contributed by atoms with Crippen LogP contribution >= 0.6 is 11.6 Å². The molecule has 0 N–H and O–H groups in total. The fraction of sp³-hybridized carbons (Fsp3) is 0.333. The first-order valence-corrected chi connectivity index (χ1v) is 6.18. The minimum absolute atomic E-state index is 0.238. The highest BCUT2D eigenvalue weighted by Gasteiger charge is 2.07. The molecule has 96 valence electrons. The Bertz CT molecular complexity index is 530. The Labute approximate surface area is 109 Å². The number of rotatable bonds is 5. The number of hydrogen-bond donors (Lipinski definition) is 0. The Morgan fingerprint density at radius 1 is 1.44 bits per heavy atom. The van der Waals surface area contributed by atoms with Gasteiger partial charge in [-0.05, 0) is 19.1 Å². The largest absolute Gasteiger partial charge is 0.491 e. The fourth-order valence-electron chi connectivity index (χ4n) is 1.54. The highest BCUT2D eigenvalue weighted by atomic mass is 35.5. The fourth-order valence-corrected chi connectivity index (χ4v) is 1.73. The van der Waals surface area contributed by atoms with Crippen molar-refractivity contribution in [2.24, 2.45) is 0 Å². The van der Waals surface area contributed by atoms with E-state index in [1.165, 1.54) is 10.7 Å². The lowest BCUT2D eigenvalue weighted by Gasteiger charge is -2.06. The predicted molar refractivity (Wildman–Crippen MR) is 66.9 cm³/mol. The van der Waals surface area contributed by atoms with Crippen LogP contribution in [-0.2, 0) is 6.42 Å². The standard InChI is InChI=1S/C12H13ClFN3O/c1-2-18-12-4-3-10(7-11(12)14)17-8-9(5-6-13)15-16-17/h3-4,7-8H,2,5-6H2,1H3. The molecule has 0 saturated carbocycles. The number of nitrogens with zero attached hydrogens (tertiary/aromatic N) is 3. The zero-order valence-corrected chi connectivity index (χ0v) is 10.7. The maximum atomic E-state index is 13.7. The zero-order valence-electron chi connectivity index (χ0n) is 9.94. The van der Waals surface area contributed by atoms with Crippen molar-refractivity contribution in [1.29, 1.82) is 0 Å². The molecule has 0 atom stereocenters. The summed E-state index contributed by atoms with van der Waals surface area (Å²) < 4.78 is 20.3. The normalized spacial score (nSPS) is 10.6. The molecule has 1 aromatic heterocycles. The van der Waals surface area contributed by atoms with Gasteiger partial charge in [-0.3, -0.25) is 0 Å². The Hall–Kier alpha value is -1.62. The van der Waals surface area contributed by atoms with Crippen LogP contribution in [0.15, 0.2) is 24.4 Å². The average Bonchev–Trinajstić information content (AvgIpc) is 2.81. The maximum absolute atomic E-state index is 13.7. The number of aromatic nitrogens is 3. The quantitative estimate of drug-likeness (QED) is 0.784. The molecule has 4 nitrogen and oxygen atoms in total. The molecule has 0 saturated heterocycles. The van der Waals surface area contributed by atoms with Crippen LogP contribution in [0.4, 0.5) is 4.39 Å². The van der Waals surface area contributed by atoms with E-state index in [2.05, 4.69) is 10.3 Å². The van der Waals surface area contributed by atoms with Gasteiger partial charge in [0.2, 0.25) is 0 Å². The van der Waals surface area contributed by atoms with Crippen LogP contribution in [0, 0.1) is 5.82 Å². The van der Waals surface area contributed by atoms with E-state index in [1.807, 2.05) is 6.92 Å². The van der Waals surface area contributed by atoms with Gasteiger partial charge in [0.25, 0.3) is 0 Å². The SMILES string of the molecule is CCOc1ccc(-n2cc(CCCl)nn2)cc1F. The van der Waals surface area contributed by atoms with Crippen molar-refractivity contribution in [3.8, 4) is 11.4 Å². The molecule has 0 aliphatic rings. The Kier molecular flexibility index (Phi) is 4.15. The molecule has 1 heterocycles. The van der Waals surface area contributed by atoms with Gasteiger partial charge in [-0.2, -0.15) is 0 Å². The molecule has 6 heteroatoms. The summed E-state index contributed by atoms with van der Waals surface area (Å²) in [5, 5.41) is 7.87. The molecule has 0 aliphatic carbocycles. The van der Waals surface area contributed by atoms with Gasteiger partial charge in [0.15, 0.2) is 11.6 Å². The summed E-state index contributed by atoms with van der Waals surface area (Å²) in [6, 6.07) is 4.68. The number of aryl methyl sites for hydroxylation is 1. The van der Waals surface area contributed by atoms with Crippen molar-refractivity contribution in [2.45, 2.75) is 13.3 Å². The smallest absolute Gasteiger partial charge is 0.167 e. The molecular weight excluding hydrogens is 257 g/mol. The molecule has 0 unspecified atom stereocenters. The molecule has 0 fully saturated rings. The van der Waals surface area contributed by atoms with E-state index in [0.717, 1.165) is 5.69 Å². The van der Waals surface area contributed by atoms with E-state index in [-0.39, 0.29) is 5.75 Å². The van der Waals surface area contributed by atoms with Crippen molar-refractivity contribution in [3.05, 3.63) is 35.9 Å². The van der Waals surface area contributed by atoms with Crippen molar-refractivity contribution < 1.29 is 9.13 Å². The summed E-state index contributed by atoms with van der Waals surface area (Å²) >= 11 is 5.62. The van der Waals surface area contributed by atoms with Crippen LogP contribution in [0.3, 0.4) is 0 Å². The summed E-state index contributed by atoms with van der Waals surface area (Å²) in [5.41, 5.74) is 1.38. The van der Waals surface area contributed by atoms with Gasteiger partial charge in [-0.1, -0.05) is 5.21 Å². The van der Waals surface area contributed by atoms with E-state index < -0.39 is 5.82 Å². The lowest BCUT2D eigenvalue weighted by molar-refractivity contribution is 0.321. The van der Waals surface area contributed by atoms with E-state index in [4.69, 9.17) is 16.3 Å².